The molecule has 0 aliphatic heterocycles. The molecule has 0 amide bonds. The van der Waals surface area contributed by atoms with Gasteiger partial charge in [-0.05, 0) is 90.4 Å². The van der Waals surface area contributed by atoms with Gasteiger partial charge in [-0.3, -0.25) is 0 Å². The van der Waals surface area contributed by atoms with Crippen molar-refractivity contribution in [3.8, 4) is 34.0 Å². The number of rotatable bonds is 4. The highest BCUT2D eigenvalue weighted by Crippen LogP contribution is 2.72. The van der Waals surface area contributed by atoms with Gasteiger partial charge in [0.2, 0.25) is 0 Å². The van der Waals surface area contributed by atoms with E-state index in [4.69, 9.17) is 0 Å². The van der Waals surface area contributed by atoms with Crippen LogP contribution >= 0.6 is 56.7 Å². The minimum atomic E-state index is 0.0156. The van der Waals surface area contributed by atoms with E-state index in [1.165, 1.54) is 103 Å². The summed E-state index contributed by atoms with van der Waals surface area (Å²) in [4.78, 5) is 7.16. The molecule has 0 bridgehead atoms. The maximum Gasteiger partial charge on any atom is 0.131 e. The fraction of sp³-hybridized carbons (Fsp3) is 0.300. The molecule has 0 atom stereocenters. The van der Waals surface area contributed by atoms with Crippen LogP contribution in [0.4, 0.5) is 0 Å². The van der Waals surface area contributed by atoms with Gasteiger partial charge in [-0.25, -0.2) is 0 Å². The van der Waals surface area contributed by atoms with Crippen molar-refractivity contribution in [2.24, 2.45) is 5.41 Å². The molecule has 0 aromatic carbocycles. The summed E-state index contributed by atoms with van der Waals surface area (Å²) in [7, 11) is 0. The van der Waals surface area contributed by atoms with Crippen molar-refractivity contribution in [2.45, 2.75) is 69.6 Å². The molecule has 2 saturated carbocycles. The molecular weight excluding hydrogens is 697 g/mol. The second-order valence-corrected chi connectivity index (χ2v) is 18.8. The molecule has 0 unspecified atom stereocenters. The Morgan fingerprint density at radius 3 is 1.82 bits per heavy atom. The molecule has 0 N–H and O–H groups in total. The molecule has 238 valence electrons. The van der Waals surface area contributed by atoms with Gasteiger partial charge in [0.25, 0.3) is 0 Å². The molecular formula is C40H28N4S5. The van der Waals surface area contributed by atoms with Crippen molar-refractivity contribution >= 4 is 98.8 Å². The molecule has 5 heterocycles. The van der Waals surface area contributed by atoms with Crippen LogP contribution in [0.1, 0.15) is 89.3 Å². The number of thiophene rings is 5. The van der Waals surface area contributed by atoms with E-state index in [1.54, 1.807) is 56.4 Å². The van der Waals surface area contributed by atoms with Crippen molar-refractivity contribution in [3.63, 3.8) is 0 Å². The lowest BCUT2D eigenvalue weighted by molar-refractivity contribution is 0.348. The van der Waals surface area contributed by atoms with E-state index >= 15 is 0 Å². The zero-order valence-electron chi connectivity index (χ0n) is 26.5. The standard InChI is InChI=1S/C40H28N4S5/c41-19-23(20-42)15-25-7-9-29(45-25)27-17-28-33(39(27)11-3-1-4-12-39)36-34(40(28)13-5-2-6-14-40)37-38(49-36)35-32(48-37)18-31(47-35)30-10-8-26(46-30)16-24(21-43)22-44/h7-10,15-18H,1-6,11-14H2. The van der Waals surface area contributed by atoms with Crippen molar-refractivity contribution in [3.05, 3.63) is 78.2 Å². The summed E-state index contributed by atoms with van der Waals surface area (Å²) in [5, 5.41) is 37.2. The highest BCUT2D eigenvalue weighted by Gasteiger charge is 2.57. The number of fused-ring (bicyclic) bond motifs is 9. The number of allylic oxidation sites excluding steroid dienone is 6. The Morgan fingerprint density at radius 1 is 0.592 bits per heavy atom. The summed E-state index contributed by atoms with van der Waals surface area (Å²) in [6.45, 7) is 0. The zero-order valence-corrected chi connectivity index (χ0v) is 30.6. The highest BCUT2D eigenvalue weighted by molar-refractivity contribution is 7.40. The van der Waals surface area contributed by atoms with E-state index in [-0.39, 0.29) is 22.0 Å². The van der Waals surface area contributed by atoms with E-state index in [0.29, 0.717) is 0 Å². The molecule has 0 saturated heterocycles. The maximum atomic E-state index is 9.39. The molecule has 4 aliphatic carbocycles. The van der Waals surface area contributed by atoms with Crippen LogP contribution < -0.4 is 0 Å². The lowest BCUT2D eigenvalue weighted by Crippen LogP contribution is -2.28. The van der Waals surface area contributed by atoms with Gasteiger partial charge in [0.15, 0.2) is 0 Å². The summed E-state index contributed by atoms with van der Waals surface area (Å²) >= 11 is 9.29. The van der Waals surface area contributed by atoms with Crippen LogP contribution in [0.2, 0.25) is 0 Å². The predicted molar refractivity (Wildman–Crippen MR) is 206 cm³/mol. The van der Waals surface area contributed by atoms with Gasteiger partial charge >= 0.3 is 0 Å². The van der Waals surface area contributed by atoms with Crippen molar-refractivity contribution in [2.75, 3.05) is 0 Å². The smallest absolute Gasteiger partial charge is 0.131 e. The van der Waals surface area contributed by atoms with Crippen molar-refractivity contribution in [1.82, 2.24) is 0 Å². The van der Waals surface area contributed by atoms with Crippen LogP contribution in [0, 0.1) is 50.7 Å². The van der Waals surface area contributed by atoms with Gasteiger partial charge in [0.1, 0.15) is 35.4 Å². The molecule has 2 spiro atoms. The lowest BCUT2D eigenvalue weighted by Gasteiger charge is -2.38. The minimum Gasteiger partial charge on any atom is -0.192 e. The average molecular weight is 725 g/mol. The normalized spacial score (nSPS) is 18.5. The molecule has 9 rings (SSSR count). The Hall–Kier alpha value is -4.06. The molecule has 2 fully saturated rings. The van der Waals surface area contributed by atoms with Crippen LogP contribution in [0.15, 0.2) is 53.1 Å². The summed E-state index contributed by atoms with van der Waals surface area (Å²) in [6.07, 6.45) is 18.4. The first-order chi connectivity index (χ1) is 24.0. The molecule has 0 radical (unpaired) electrons. The molecule has 5 aromatic heterocycles. The van der Waals surface area contributed by atoms with Gasteiger partial charge in [0.05, 0.1) is 14.1 Å². The van der Waals surface area contributed by atoms with E-state index in [9.17, 15) is 21.0 Å². The Balaban J connectivity index is 1.18. The van der Waals surface area contributed by atoms with Gasteiger partial charge in [-0.15, -0.1) is 56.7 Å². The van der Waals surface area contributed by atoms with Gasteiger partial charge < -0.3 is 0 Å². The zero-order chi connectivity index (χ0) is 33.3. The van der Waals surface area contributed by atoms with Crippen LogP contribution in [0.3, 0.4) is 0 Å². The van der Waals surface area contributed by atoms with E-state index < -0.39 is 0 Å². The Morgan fingerprint density at radius 2 is 1.18 bits per heavy atom. The molecule has 49 heavy (non-hydrogen) atoms. The SMILES string of the molecule is N#CC(C#N)=Cc1ccc(C2=CC3=C(c4sc5c(sc6cc(-c7ccc(C=C(C#N)C#N)s7)sc65)c4C34CCCCC4)C23CCCCC3)s1. The first-order valence-electron chi connectivity index (χ1n) is 16.7. The van der Waals surface area contributed by atoms with E-state index in [1.807, 2.05) is 53.0 Å². The molecule has 9 heteroatoms. The van der Waals surface area contributed by atoms with Crippen LogP contribution in [0.25, 0.3) is 51.9 Å². The Labute approximate surface area is 305 Å². The predicted octanol–water partition coefficient (Wildman–Crippen LogP) is 12.8. The van der Waals surface area contributed by atoms with E-state index in [2.05, 4.69) is 41.7 Å². The van der Waals surface area contributed by atoms with E-state index in [0.717, 1.165) is 9.75 Å². The third-order valence-corrected chi connectivity index (χ3v) is 17.2. The largest absolute Gasteiger partial charge is 0.192 e. The molecule has 4 aliphatic rings. The van der Waals surface area contributed by atoms with Crippen LogP contribution in [0.5, 0.6) is 0 Å². The summed E-state index contributed by atoms with van der Waals surface area (Å²) < 4.78 is 5.72. The Kier molecular flexibility index (Phi) is 7.44. The molecule has 5 aromatic rings. The fourth-order valence-corrected chi connectivity index (χ4v) is 15.7. The van der Waals surface area contributed by atoms with Crippen molar-refractivity contribution < 1.29 is 0 Å². The lowest BCUT2D eigenvalue weighted by atomic mass is 9.66. The second-order valence-electron chi connectivity index (χ2n) is 13.5. The average Bonchev–Trinajstić information content (AvgIpc) is 3.98. The fourth-order valence-electron chi connectivity index (χ4n) is 8.97. The third-order valence-electron chi connectivity index (χ3n) is 11.0. The number of hydrogen-bond donors (Lipinski definition) is 0. The quantitative estimate of drug-likeness (QED) is 0.172. The number of nitrogens with zero attached hydrogens (tertiary/aromatic N) is 4. The van der Waals surface area contributed by atoms with Gasteiger partial charge in [-0.1, -0.05) is 44.6 Å². The van der Waals surface area contributed by atoms with Crippen LogP contribution in [-0.4, -0.2) is 0 Å². The first kappa shape index (κ1) is 31.0. The highest BCUT2D eigenvalue weighted by atomic mass is 32.1. The Bertz CT molecular complexity index is 2480. The minimum absolute atomic E-state index is 0.0156. The maximum absolute atomic E-state index is 9.39. The summed E-state index contributed by atoms with van der Waals surface area (Å²) in [5.74, 6) is 0. The summed E-state index contributed by atoms with van der Waals surface area (Å²) in [5.41, 5.74) is 6.73. The van der Waals surface area contributed by atoms with Gasteiger partial charge in [0, 0.05) is 44.8 Å². The van der Waals surface area contributed by atoms with Gasteiger partial charge in [-0.2, -0.15) is 21.0 Å². The van der Waals surface area contributed by atoms with Crippen LogP contribution in [-0.2, 0) is 5.41 Å². The number of hydrogen-bond acceptors (Lipinski definition) is 9. The second kappa shape index (κ2) is 11.8. The first-order valence-corrected chi connectivity index (χ1v) is 20.8. The van der Waals surface area contributed by atoms with Crippen molar-refractivity contribution in [1.29, 1.82) is 21.0 Å². The third kappa shape index (κ3) is 4.58. The topological polar surface area (TPSA) is 95.2 Å². The monoisotopic (exact) mass is 724 g/mol. The molecule has 4 nitrogen and oxygen atoms in total. The number of nitriles is 4. The summed E-state index contributed by atoms with van der Waals surface area (Å²) in [6, 6.07) is 18.8.